The van der Waals surface area contributed by atoms with Crippen molar-refractivity contribution in [3.8, 4) is 0 Å². The lowest BCUT2D eigenvalue weighted by Crippen LogP contribution is -2.47. The Bertz CT molecular complexity index is 1360. The summed E-state index contributed by atoms with van der Waals surface area (Å²) in [5.41, 5.74) is -1.76. The molecule has 0 unspecified atom stereocenters. The van der Waals surface area contributed by atoms with Crippen molar-refractivity contribution in [3.05, 3.63) is 54.3 Å². The molecule has 12 heteroatoms. The second-order valence-corrected chi connectivity index (χ2v) is 6.35. The summed E-state index contributed by atoms with van der Waals surface area (Å²) in [6, 6.07) is 0. The lowest BCUT2D eigenvalue weighted by molar-refractivity contribution is 0.503. The largest absolute Gasteiger partial charge is 0.334 e. The molecule has 0 amide bonds. The second-order valence-electron chi connectivity index (χ2n) is 6.35. The summed E-state index contributed by atoms with van der Waals surface area (Å²) in [7, 11) is 6.19. The molecule has 0 aliphatic heterocycles. The zero-order chi connectivity index (χ0) is 19.6. The van der Waals surface area contributed by atoms with E-state index in [0.29, 0.717) is 0 Å². The van der Waals surface area contributed by atoms with E-state index in [9.17, 15) is 19.2 Å². The number of hydrogen-bond donors (Lipinski definition) is 0. The third kappa shape index (κ3) is 2.09. The summed E-state index contributed by atoms with van der Waals surface area (Å²) < 4.78 is 7.06. The summed E-state index contributed by atoms with van der Waals surface area (Å²) in [6.45, 7) is -0.515. The van der Waals surface area contributed by atoms with Crippen molar-refractivity contribution in [2.24, 2.45) is 28.2 Å². The SMILES string of the molecule is Cn1cnc2c1c(=O)n(Cn1c(=O)c3c(ncn3C)n(C)c1=O)c(=O)n2C. The van der Waals surface area contributed by atoms with Crippen LogP contribution in [0.2, 0.25) is 0 Å². The molecular formula is C15H16N8O4. The molecule has 140 valence electrons. The Kier molecular flexibility index (Phi) is 3.35. The van der Waals surface area contributed by atoms with Gasteiger partial charge in [0.25, 0.3) is 11.1 Å². The van der Waals surface area contributed by atoms with Crippen LogP contribution in [0.3, 0.4) is 0 Å². The molecule has 4 heterocycles. The molecule has 0 aromatic carbocycles. The van der Waals surface area contributed by atoms with Crippen LogP contribution in [0.15, 0.2) is 31.8 Å². The minimum atomic E-state index is -0.676. The number of imidazole rings is 2. The van der Waals surface area contributed by atoms with Crippen molar-refractivity contribution in [3.63, 3.8) is 0 Å². The van der Waals surface area contributed by atoms with Crippen molar-refractivity contribution in [2.45, 2.75) is 6.67 Å². The van der Waals surface area contributed by atoms with Crippen LogP contribution in [0.25, 0.3) is 22.3 Å². The van der Waals surface area contributed by atoms with Gasteiger partial charge in [-0.2, -0.15) is 0 Å². The first-order valence-corrected chi connectivity index (χ1v) is 7.95. The van der Waals surface area contributed by atoms with Gasteiger partial charge in [-0.05, 0) is 0 Å². The molecule has 0 bridgehead atoms. The van der Waals surface area contributed by atoms with Crippen LogP contribution in [0.1, 0.15) is 0 Å². The summed E-state index contributed by atoms with van der Waals surface area (Å²) in [6.07, 6.45) is 2.84. The Balaban J connectivity index is 2.07. The molecule has 27 heavy (non-hydrogen) atoms. The zero-order valence-electron chi connectivity index (χ0n) is 15.1. The molecule has 4 rings (SSSR count). The normalized spacial score (nSPS) is 11.7. The van der Waals surface area contributed by atoms with Crippen molar-refractivity contribution >= 4 is 22.3 Å². The molecule has 0 aliphatic carbocycles. The summed E-state index contributed by atoms with van der Waals surface area (Å²) in [5, 5.41) is 0. The predicted molar refractivity (Wildman–Crippen MR) is 95.8 cm³/mol. The minimum Gasteiger partial charge on any atom is -0.328 e. The van der Waals surface area contributed by atoms with Gasteiger partial charge < -0.3 is 9.13 Å². The molecule has 0 fully saturated rings. The molecule has 0 radical (unpaired) electrons. The number of hydrogen-bond acceptors (Lipinski definition) is 6. The van der Waals surface area contributed by atoms with Gasteiger partial charge in [0.1, 0.15) is 6.67 Å². The molecule has 0 spiro atoms. The first-order valence-electron chi connectivity index (χ1n) is 7.95. The van der Waals surface area contributed by atoms with Crippen LogP contribution >= 0.6 is 0 Å². The maximum Gasteiger partial charge on any atom is 0.334 e. The predicted octanol–water partition coefficient (Wildman–Crippen LogP) is -2.31. The van der Waals surface area contributed by atoms with Crippen molar-refractivity contribution in [1.82, 2.24) is 37.4 Å². The van der Waals surface area contributed by atoms with E-state index in [4.69, 9.17) is 0 Å². The Hall–Kier alpha value is -3.70. The molecule has 0 aliphatic rings. The average Bonchev–Trinajstić information content (AvgIpc) is 3.21. The van der Waals surface area contributed by atoms with Crippen molar-refractivity contribution in [1.29, 1.82) is 0 Å². The number of rotatable bonds is 2. The van der Waals surface area contributed by atoms with Crippen LogP contribution in [-0.4, -0.2) is 37.4 Å². The molecule has 0 saturated carbocycles. The summed E-state index contributed by atoms with van der Waals surface area (Å²) in [5.74, 6) is 0. The Morgan fingerprint density at radius 1 is 0.704 bits per heavy atom. The highest BCUT2D eigenvalue weighted by Gasteiger charge is 2.19. The van der Waals surface area contributed by atoms with Gasteiger partial charge in [0, 0.05) is 28.2 Å². The van der Waals surface area contributed by atoms with Crippen LogP contribution in [0, 0.1) is 0 Å². The van der Waals surface area contributed by atoms with E-state index >= 15 is 0 Å². The molecular weight excluding hydrogens is 356 g/mol. The third-order valence-corrected chi connectivity index (χ3v) is 4.68. The summed E-state index contributed by atoms with van der Waals surface area (Å²) in [4.78, 5) is 59.0. The van der Waals surface area contributed by atoms with Gasteiger partial charge in [0.05, 0.1) is 12.7 Å². The van der Waals surface area contributed by atoms with Crippen LogP contribution in [-0.2, 0) is 34.9 Å². The van der Waals surface area contributed by atoms with Crippen LogP contribution in [0.5, 0.6) is 0 Å². The number of aryl methyl sites for hydroxylation is 4. The minimum absolute atomic E-state index is 0.198. The molecule has 12 nitrogen and oxygen atoms in total. The maximum absolute atomic E-state index is 12.8. The standard InChI is InChI=1S/C15H16N8O4/c1-18-5-16-10-8(18)12(24)22(14(26)20(10)3)7-23-13(25)9-11(17-6-19(9)2)21(4)15(23)27/h5-6H,7H2,1-4H3. The molecule has 0 N–H and O–H groups in total. The number of aromatic nitrogens is 8. The zero-order valence-corrected chi connectivity index (χ0v) is 15.1. The average molecular weight is 372 g/mol. The first-order chi connectivity index (χ1) is 12.7. The highest BCUT2D eigenvalue weighted by Crippen LogP contribution is 2.04. The van der Waals surface area contributed by atoms with E-state index in [1.165, 1.54) is 45.0 Å². The van der Waals surface area contributed by atoms with Gasteiger partial charge in [-0.15, -0.1) is 0 Å². The Labute approximate surface area is 149 Å². The second kappa shape index (κ2) is 5.40. The number of fused-ring (bicyclic) bond motifs is 2. The van der Waals surface area contributed by atoms with Gasteiger partial charge in [-0.25, -0.2) is 28.7 Å². The fraction of sp³-hybridized carbons (Fsp3) is 0.333. The van der Waals surface area contributed by atoms with Crippen molar-refractivity contribution < 1.29 is 0 Å². The lowest BCUT2D eigenvalue weighted by atomic mass is 10.5. The number of nitrogens with zero attached hydrogens (tertiary/aromatic N) is 8. The summed E-state index contributed by atoms with van der Waals surface area (Å²) >= 11 is 0. The fourth-order valence-electron chi connectivity index (χ4n) is 3.18. The first kappa shape index (κ1) is 16.8. The Morgan fingerprint density at radius 2 is 1.07 bits per heavy atom. The monoisotopic (exact) mass is 372 g/mol. The quantitative estimate of drug-likeness (QED) is 0.389. The molecule has 4 aromatic rings. The highest BCUT2D eigenvalue weighted by molar-refractivity contribution is 5.70. The highest BCUT2D eigenvalue weighted by atomic mass is 16.2. The van der Waals surface area contributed by atoms with Gasteiger partial charge >= 0.3 is 11.4 Å². The van der Waals surface area contributed by atoms with Crippen LogP contribution < -0.4 is 22.5 Å². The van der Waals surface area contributed by atoms with Crippen LogP contribution in [0.4, 0.5) is 0 Å². The third-order valence-electron chi connectivity index (χ3n) is 4.68. The molecule has 0 saturated heterocycles. The van der Waals surface area contributed by atoms with Gasteiger partial charge in [0.15, 0.2) is 22.3 Å². The van der Waals surface area contributed by atoms with Gasteiger partial charge in [0.2, 0.25) is 0 Å². The lowest BCUT2D eigenvalue weighted by Gasteiger charge is -2.11. The van der Waals surface area contributed by atoms with E-state index < -0.39 is 29.2 Å². The van der Waals surface area contributed by atoms with E-state index in [-0.39, 0.29) is 22.3 Å². The smallest absolute Gasteiger partial charge is 0.328 e. The maximum atomic E-state index is 12.8. The van der Waals surface area contributed by atoms with Gasteiger partial charge in [-0.1, -0.05) is 0 Å². The van der Waals surface area contributed by atoms with E-state index in [0.717, 1.165) is 9.13 Å². The Morgan fingerprint density at radius 3 is 1.44 bits per heavy atom. The van der Waals surface area contributed by atoms with E-state index in [2.05, 4.69) is 9.97 Å². The van der Waals surface area contributed by atoms with E-state index in [1.54, 1.807) is 14.1 Å². The van der Waals surface area contributed by atoms with Crippen molar-refractivity contribution in [2.75, 3.05) is 0 Å². The molecule has 4 aromatic heterocycles. The fourth-order valence-corrected chi connectivity index (χ4v) is 3.18. The topological polar surface area (TPSA) is 124 Å². The molecule has 0 atom stereocenters. The van der Waals surface area contributed by atoms with Gasteiger partial charge in [-0.3, -0.25) is 18.7 Å². The van der Waals surface area contributed by atoms with E-state index in [1.807, 2.05) is 0 Å².